The van der Waals surface area contributed by atoms with Gasteiger partial charge in [0.15, 0.2) is 5.37 Å². The summed E-state index contributed by atoms with van der Waals surface area (Å²) in [5.41, 5.74) is 5.22. The Labute approximate surface area is 108 Å². The molecule has 0 aliphatic rings. The van der Waals surface area contributed by atoms with Gasteiger partial charge in [0.1, 0.15) is 6.04 Å². The van der Waals surface area contributed by atoms with Gasteiger partial charge in [-0.15, -0.1) is 0 Å². The molecule has 0 aromatic rings. The Balaban J connectivity index is 4.18. The van der Waals surface area contributed by atoms with Crippen molar-refractivity contribution in [3.05, 3.63) is 11.5 Å². The third-order valence-electron chi connectivity index (χ3n) is 1.87. The quantitative estimate of drug-likeness (QED) is 0.458. The zero-order valence-corrected chi connectivity index (χ0v) is 10.6. The van der Waals surface area contributed by atoms with Crippen LogP contribution in [-0.4, -0.2) is 39.5 Å². The fourth-order valence-corrected chi connectivity index (χ4v) is 1.57. The van der Waals surface area contributed by atoms with E-state index in [4.69, 9.17) is 15.9 Å². The molecule has 0 fully saturated rings. The molecule has 0 saturated carbocycles. The molecule has 0 saturated heterocycles. The lowest BCUT2D eigenvalue weighted by atomic mass is 10.1. The molecule has 0 spiro atoms. The maximum absolute atomic E-state index is 11.4. The monoisotopic (exact) mass is 276 g/mol. The Morgan fingerprint density at radius 3 is 2.39 bits per heavy atom. The van der Waals surface area contributed by atoms with Crippen LogP contribution in [0.15, 0.2) is 11.5 Å². The van der Waals surface area contributed by atoms with Gasteiger partial charge in [-0.05, 0) is 18.8 Å². The Morgan fingerprint density at radius 2 is 1.94 bits per heavy atom. The number of carbonyl (C=O) groups is 3. The fourth-order valence-electron chi connectivity index (χ4n) is 0.940. The largest absolute Gasteiger partial charge is 0.480 e. The maximum atomic E-state index is 11.4. The van der Waals surface area contributed by atoms with Crippen LogP contribution in [-0.2, 0) is 14.4 Å². The van der Waals surface area contributed by atoms with Gasteiger partial charge in [-0.3, -0.25) is 9.59 Å². The lowest BCUT2D eigenvalue weighted by Gasteiger charge is -2.12. The maximum Gasteiger partial charge on any atom is 0.337 e. The molecule has 0 aromatic heterocycles. The summed E-state index contributed by atoms with van der Waals surface area (Å²) >= 11 is 0.939. The zero-order valence-electron chi connectivity index (χ0n) is 9.83. The lowest BCUT2D eigenvalue weighted by Crippen LogP contribution is -2.39. The third kappa shape index (κ3) is 6.92. The van der Waals surface area contributed by atoms with Crippen LogP contribution in [0.2, 0.25) is 0 Å². The first-order valence-corrected chi connectivity index (χ1v) is 6.10. The Hall–Kier alpha value is -1.54. The number of nitrogens with one attached hydrogen (secondary N) is 1. The van der Waals surface area contributed by atoms with E-state index < -0.39 is 29.3 Å². The van der Waals surface area contributed by atoms with Crippen molar-refractivity contribution in [2.24, 2.45) is 5.73 Å². The van der Waals surface area contributed by atoms with Gasteiger partial charge in [-0.1, -0.05) is 17.8 Å². The van der Waals surface area contributed by atoms with Crippen LogP contribution >= 0.6 is 11.8 Å². The standard InChI is InChI=1S/C10H16N2O5S/c1-2-5-18-8(10(16)17)12-7(13)4-3-6(11)9(14)15/h2,5-6,8H,3-4,11H2,1H3,(H,12,13)(H,14,15)(H,16,17)/b5-2+/t6-,8-/m0/s1. The highest BCUT2D eigenvalue weighted by Crippen LogP contribution is 2.10. The second kappa shape index (κ2) is 8.54. The second-order valence-electron chi connectivity index (χ2n) is 3.37. The predicted octanol–water partition coefficient (Wildman–Crippen LogP) is -0.0278. The average Bonchev–Trinajstić information content (AvgIpc) is 2.30. The van der Waals surface area contributed by atoms with Gasteiger partial charge in [0.25, 0.3) is 0 Å². The molecular weight excluding hydrogens is 260 g/mol. The summed E-state index contributed by atoms with van der Waals surface area (Å²) in [7, 11) is 0. The van der Waals surface area contributed by atoms with E-state index in [-0.39, 0.29) is 12.8 Å². The number of carboxylic acids is 2. The molecule has 0 heterocycles. The number of amides is 1. The van der Waals surface area contributed by atoms with E-state index in [0.29, 0.717) is 0 Å². The van der Waals surface area contributed by atoms with Crippen molar-refractivity contribution in [1.29, 1.82) is 0 Å². The van der Waals surface area contributed by atoms with E-state index in [1.807, 2.05) is 0 Å². The van der Waals surface area contributed by atoms with Crippen molar-refractivity contribution in [1.82, 2.24) is 5.32 Å². The first kappa shape index (κ1) is 16.5. The Morgan fingerprint density at radius 1 is 1.33 bits per heavy atom. The molecule has 18 heavy (non-hydrogen) atoms. The first-order valence-electron chi connectivity index (χ1n) is 5.15. The van der Waals surface area contributed by atoms with Crippen molar-refractivity contribution in [2.45, 2.75) is 31.2 Å². The lowest BCUT2D eigenvalue weighted by molar-refractivity contribution is -0.140. The van der Waals surface area contributed by atoms with Gasteiger partial charge < -0.3 is 21.3 Å². The number of rotatable bonds is 8. The minimum Gasteiger partial charge on any atom is -0.480 e. The van der Waals surface area contributed by atoms with Gasteiger partial charge in [-0.25, -0.2) is 4.79 Å². The molecular formula is C10H16N2O5S. The number of allylic oxidation sites excluding steroid dienone is 1. The van der Waals surface area contributed by atoms with Crippen LogP contribution in [0.25, 0.3) is 0 Å². The number of hydrogen-bond donors (Lipinski definition) is 4. The number of hydrogen-bond acceptors (Lipinski definition) is 5. The molecule has 102 valence electrons. The molecule has 2 atom stereocenters. The van der Waals surface area contributed by atoms with E-state index in [2.05, 4.69) is 5.32 Å². The number of nitrogens with two attached hydrogens (primary N) is 1. The van der Waals surface area contributed by atoms with Gasteiger partial charge in [0, 0.05) is 6.42 Å². The van der Waals surface area contributed by atoms with E-state index >= 15 is 0 Å². The summed E-state index contributed by atoms with van der Waals surface area (Å²) in [6, 6.07) is -1.12. The van der Waals surface area contributed by atoms with Gasteiger partial charge >= 0.3 is 11.9 Å². The van der Waals surface area contributed by atoms with E-state index in [1.165, 1.54) is 0 Å². The molecule has 7 nitrogen and oxygen atoms in total. The summed E-state index contributed by atoms with van der Waals surface area (Å²) in [6.07, 6.45) is 1.47. The third-order valence-corrected chi connectivity index (χ3v) is 2.89. The average molecular weight is 276 g/mol. The SMILES string of the molecule is C/C=C/S[C@H](NC(=O)CC[C@H](N)C(=O)O)C(=O)O. The smallest absolute Gasteiger partial charge is 0.337 e. The number of carboxylic acid groups (broad SMARTS) is 2. The van der Waals surface area contributed by atoms with Gasteiger partial charge in [-0.2, -0.15) is 0 Å². The van der Waals surface area contributed by atoms with Crippen molar-refractivity contribution in [3.63, 3.8) is 0 Å². The molecule has 0 aliphatic carbocycles. The topological polar surface area (TPSA) is 130 Å². The van der Waals surface area contributed by atoms with Gasteiger partial charge in [0.05, 0.1) is 0 Å². The Kier molecular flexibility index (Phi) is 7.81. The Bertz CT molecular complexity index is 345. The summed E-state index contributed by atoms with van der Waals surface area (Å²) in [4.78, 5) is 32.6. The summed E-state index contributed by atoms with van der Waals surface area (Å²) < 4.78 is 0. The van der Waals surface area contributed by atoms with E-state index in [9.17, 15) is 14.4 Å². The highest BCUT2D eigenvalue weighted by atomic mass is 32.2. The molecule has 8 heteroatoms. The molecule has 5 N–H and O–H groups in total. The van der Waals surface area contributed by atoms with Gasteiger partial charge in [0.2, 0.25) is 5.91 Å². The van der Waals surface area contributed by atoms with Crippen LogP contribution < -0.4 is 11.1 Å². The fraction of sp³-hybridized carbons (Fsp3) is 0.500. The minimum absolute atomic E-state index is 0.0399. The van der Waals surface area contributed by atoms with Crippen molar-refractivity contribution in [3.8, 4) is 0 Å². The summed E-state index contributed by atoms with van der Waals surface area (Å²) in [5, 5.41) is 20.1. The molecule has 0 rings (SSSR count). The highest BCUT2D eigenvalue weighted by Gasteiger charge is 2.20. The molecule has 0 radical (unpaired) electrons. The number of carbonyl (C=O) groups excluding carboxylic acids is 1. The zero-order chi connectivity index (χ0) is 14.1. The number of aliphatic carboxylic acids is 2. The molecule has 1 amide bonds. The van der Waals surface area contributed by atoms with Crippen LogP contribution in [0.5, 0.6) is 0 Å². The number of thioether (sulfide) groups is 1. The minimum atomic E-state index is -1.19. The molecule has 0 unspecified atom stereocenters. The van der Waals surface area contributed by atoms with Crippen molar-refractivity contribution < 1.29 is 24.6 Å². The van der Waals surface area contributed by atoms with E-state index in [0.717, 1.165) is 11.8 Å². The molecule has 0 aliphatic heterocycles. The second-order valence-corrected chi connectivity index (χ2v) is 4.39. The van der Waals surface area contributed by atoms with Crippen LogP contribution in [0.4, 0.5) is 0 Å². The first-order chi connectivity index (χ1) is 8.38. The van der Waals surface area contributed by atoms with E-state index in [1.54, 1.807) is 18.4 Å². The molecule has 0 aromatic carbocycles. The van der Waals surface area contributed by atoms with Crippen LogP contribution in [0, 0.1) is 0 Å². The summed E-state index contributed by atoms with van der Waals surface area (Å²) in [5.74, 6) is -2.91. The molecule has 0 bridgehead atoms. The summed E-state index contributed by atoms with van der Waals surface area (Å²) in [6.45, 7) is 1.72. The van der Waals surface area contributed by atoms with Crippen LogP contribution in [0.1, 0.15) is 19.8 Å². The predicted molar refractivity (Wildman–Crippen MR) is 66.8 cm³/mol. The normalized spacial score (nSPS) is 14.1. The van der Waals surface area contributed by atoms with Crippen molar-refractivity contribution >= 4 is 29.6 Å². The van der Waals surface area contributed by atoms with Crippen molar-refractivity contribution in [2.75, 3.05) is 0 Å². The van der Waals surface area contributed by atoms with Crippen LogP contribution in [0.3, 0.4) is 0 Å². The highest BCUT2D eigenvalue weighted by molar-refractivity contribution is 8.03.